The van der Waals surface area contributed by atoms with Gasteiger partial charge in [-0.1, -0.05) is 0 Å². The molecule has 114 valence electrons. The molecular weight excluding hydrogens is 301 g/mol. The predicted molar refractivity (Wildman–Crippen MR) is 68.7 cm³/mol. The standard InChI is InChI=1S/C10H14N5O5P/c11-9-8-10(13-4-12-9)15(5-14-8)7-2-1-6(20-7)3-19-21(16,17)18/h4-7H,1-3H2,(H2,11,12,13)(H2,16,17,18)/p-1/t6?,7-/m1/s1. The van der Waals surface area contributed by atoms with Crippen LogP contribution in [0.3, 0.4) is 0 Å². The Bertz CT molecular complexity index is 700. The second-order valence-electron chi connectivity index (χ2n) is 4.64. The SMILES string of the molecule is Nc1ncnc2c1ncn2[C@H]1CCC(COP(=O)([O-])O)O1. The highest BCUT2D eigenvalue weighted by Crippen LogP contribution is 2.35. The van der Waals surface area contributed by atoms with Crippen LogP contribution in [-0.4, -0.2) is 37.1 Å². The fraction of sp³-hybridized carbons (Fsp3) is 0.500. The number of nitrogen functional groups attached to an aromatic ring is 1. The molecule has 0 spiro atoms. The second kappa shape index (κ2) is 5.32. The largest absolute Gasteiger partial charge is 0.756 e. The summed E-state index contributed by atoms with van der Waals surface area (Å²) in [6.07, 6.45) is 3.34. The van der Waals surface area contributed by atoms with Gasteiger partial charge in [-0.05, 0) is 12.8 Å². The number of hydrogen-bond acceptors (Lipinski definition) is 8. The van der Waals surface area contributed by atoms with Crippen molar-refractivity contribution in [1.82, 2.24) is 19.5 Å². The van der Waals surface area contributed by atoms with Gasteiger partial charge in [0.25, 0.3) is 7.82 Å². The molecule has 3 N–H and O–H groups in total. The van der Waals surface area contributed by atoms with E-state index < -0.39 is 13.9 Å². The molecule has 3 heterocycles. The Morgan fingerprint density at radius 2 is 2.33 bits per heavy atom. The summed E-state index contributed by atoms with van der Waals surface area (Å²) in [6, 6.07) is 0. The summed E-state index contributed by atoms with van der Waals surface area (Å²) in [4.78, 5) is 31.3. The number of phosphoric acid groups is 1. The summed E-state index contributed by atoms with van der Waals surface area (Å²) >= 11 is 0. The maximum atomic E-state index is 10.6. The molecule has 0 aromatic carbocycles. The van der Waals surface area contributed by atoms with Crippen molar-refractivity contribution in [2.24, 2.45) is 0 Å². The first-order valence-corrected chi connectivity index (χ1v) is 7.70. The van der Waals surface area contributed by atoms with Gasteiger partial charge in [-0.25, -0.2) is 15.0 Å². The van der Waals surface area contributed by atoms with Crippen LogP contribution >= 0.6 is 7.82 Å². The van der Waals surface area contributed by atoms with Crippen LogP contribution < -0.4 is 10.6 Å². The molecule has 2 aromatic heterocycles. The molecule has 0 aliphatic carbocycles. The van der Waals surface area contributed by atoms with Crippen molar-refractivity contribution in [3.63, 3.8) is 0 Å². The van der Waals surface area contributed by atoms with Gasteiger partial charge in [0.05, 0.1) is 19.0 Å². The molecule has 3 rings (SSSR count). The van der Waals surface area contributed by atoms with Crippen LogP contribution in [0.15, 0.2) is 12.7 Å². The lowest BCUT2D eigenvalue weighted by Gasteiger charge is -2.19. The zero-order valence-corrected chi connectivity index (χ0v) is 11.7. The van der Waals surface area contributed by atoms with Gasteiger partial charge in [-0.3, -0.25) is 9.13 Å². The minimum Gasteiger partial charge on any atom is -0.756 e. The van der Waals surface area contributed by atoms with Crippen LogP contribution in [0.4, 0.5) is 5.82 Å². The van der Waals surface area contributed by atoms with Gasteiger partial charge in [-0.2, -0.15) is 0 Å². The summed E-state index contributed by atoms with van der Waals surface area (Å²) < 4.78 is 22.3. The first-order chi connectivity index (χ1) is 9.94. The number of nitrogens with zero attached hydrogens (tertiary/aromatic N) is 4. The number of imidazole rings is 1. The Hall–Kier alpha value is -1.58. The average Bonchev–Trinajstić information content (AvgIpc) is 3.02. The minimum absolute atomic E-state index is 0.225. The van der Waals surface area contributed by atoms with Crippen molar-refractivity contribution in [2.75, 3.05) is 12.3 Å². The lowest BCUT2D eigenvalue weighted by molar-refractivity contribution is -0.222. The molecule has 10 nitrogen and oxygen atoms in total. The van der Waals surface area contributed by atoms with Crippen LogP contribution in [0.1, 0.15) is 19.1 Å². The van der Waals surface area contributed by atoms with Gasteiger partial charge in [0.2, 0.25) is 0 Å². The Kier molecular flexibility index (Phi) is 3.64. The quantitative estimate of drug-likeness (QED) is 0.716. The molecule has 1 aliphatic heterocycles. The van der Waals surface area contributed by atoms with E-state index in [9.17, 15) is 9.46 Å². The van der Waals surface area contributed by atoms with Crippen LogP contribution in [0, 0.1) is 0 Å². The molecule has 1 saturated heterocycles. The molecule has 2 aromatic rings. The molecule has 0 bridgehead atoms. The number of aromatic nitrogens is 4. The van der Waals surface area contributed by atoms with Gasteiger partial charge < -0.3 is 24.8 Å². The van der Waals surface area contributed by atoms with Crippen molar-refractivity contribution >= 4 is 24.8 Å². The first-order valence-electron chi connectivity index (χ1n) is 6.21. The Morgan fingerprint density at radius 1 is 1.52 bits per heavy atom. The molecule has 2 unspecified atom stereocenters. The third-order valence-corrected chi connectivity index (χ3v) is 3.68. The van der Waals surface area contributed by atoms with Crippen LogP contribution in [0.25, 0.3) is 11.2 Å². The van der Waals surface area contributed by atoms with E-state index in [2.05, 4.69) is 19.5 Å². The normalized spacial score (nSPS) is 25.2. The molecule has 3 atom stereocenters. The van der Waals surface area contributed by atoms with E-state index in [1.165, 1.54) is 6.33 Å². The molecule has 1 fully saturated rings. The van der Waals surface area contributed by atoms with Crippen molar-refractivity contribution in [3.8, 4) is 0 Å². The summed E-state index contributed by atoms with van der Waals surface area (Å²) in [5.41, 5.74) is 6.74. The van der Waals surface area contributed by atoms with Crippen LogP contribution in [0.2, 0.25) is 0 Å². The molecule has 21 heavy (non-hydrogen) atoms. The Morgan fingerprint density at radius 3 is 3.10 bits per heavy atom. The van der Waals surface area contributed by atoms with Gasteiger partial charge in [0, 0.05) is 0 Å². The number of anilines is 1. The highest BCUT2D eigenvalue weighted by Gasteiger charge is 2.29. The number of nitrogens with two attached hydrogens (primary N) is 1. The van der Waals surface area contributed by atoms with Gasteiger partial charge in [-0.15, -0.1) is 0 Å². The number of fused-ring (bicyclic) bond motifs is 1. The minimum atomic E-state index is -4.73. The lowest BCUT2D eigenvalue weighted by Crippen LogP contribution is -2.18. The van der Waals surface area contributed by atoms with Crippen LogP contribution in [0.5, 0.6) is 0 Å². The number of hydrogen-bond donors (Lipinski definition) is 2. The van der Waals surface area contributed by atoms with Gasteiger partial charge in [0.15, 0.2) is 11.5 Å². The van der Waals surface area contributed by atoms with E-state index >= 15 is 0 Å². The number of ether oxygens (including phenoxy) is 1. The lowest BCUT2D eigenvalue weighted by atomic mass is 10.2. The smallest absolute Gasteiger partial charge is 0.265 e. The van der Waals surface area contributed by atoms with E-state index in [1.807, 2.05) is 0 Å². The zero-order chi connectivity index (χ0) is 15.0. The van der Waals surface area contributed by atoms with Crippen molar-refractivity contribution in [1.29, 1.82) is 0 Å². The topological polar surface area (TPSA) is 148 Å². The highest BCUT2D eigenvalue weighted by molar-refractivity contribution is 7.44. The maximum Gasteiger partial charge on any atom is 0.265 e. The summed E-state index contributed by atoms with van der Waals surface area (Å²) in [6.45, 7) is -0.225. The number of phosphoric ester groups is 1. The molecule has 0 amide bonds. The zero-order valence-electron chi connectivity index (χ0n) is 10.8. The molecule has 0 saturated carbocycles. The summed E-state index contributed by atoms with van der Waals surface area (Å²) in [7, 11) is -4.73. The monoisotopic (exact) mass is 314 g/mol. The van der Waals surface area contributed by atoms with Crippen molar-refractivity contribution in [2.45, 2.75) is 25.2 Å². The first kappa shape index (κ1) is 14.4. The summed E-state index contributed by atoms with van der Waals surface area (Å²) in [5, 5.41) is 0. The fourth-order valence-corrected chi connectivity index (χ4v) is 2.63. The number of rotatable bonds is 4. The van der Waals surface area contributed by atoms with E-state index in [-0.39, 0.29) is 18.7 Å². The molecule has 11 heteroatoms. The Balaban J connectivity index is 1.73. The third kappa shape index (κ3) is 3.04. The fourth-order valence-electron chi connectivity index (χ4n) is 2.27. The van der Waals surface area contributed by atoms with E-state index in [1.54, 1.807) is 10.9 Å². The van der Waals surface area contributed by atoms with Crippen molar-refractivity contribution < 1.29 is 23.6 Å². The van der Waals surface area contributed by atoms with Crippen molar-refractivity contribution in [3.05, 3.63) is 12.7 Å². The van der Waals surface area contributed by atoms with E-state index in [0.717, 1.165) is 0 Å². The van der Waals surface area contributed by atoms with E-state index in [4.69, 9.17) is 15.4 Å². The molecule has 1 aliphatic rings. The predicted octanol–water partition coefficient (Wildman–Crippen LogP) is -0.437. The second-order valence-corrected chi connectivity index (χ2v) is 5.83. The average molecular weight is 314 g/mol. The van der Waals surface area contributed by atoms with E-state index in [0.29, 0.717) is 24.0 Å². The van der Waals surface area contributed by atoms with Crippen LogP contribution in [-0.2, 0) is 13.8 Å². The maximum absolute atomic E-state index is 10.6. The Labute approximate surface area is 119 Å². The van der Waals surface area contributed by atoms with Gasteiger partial charge >= 0.3 is 0 Å². The highest BCUT2D eigenvalue weighted by atomic mass is 31.2. The molecule has 0 radical (unpaired) electrons. The van der Waals surface area contributed by atoms with Gasteiger partial charge in [0.1, 0.15) is 18.1 Å². The summed E-state index contributed by atoms with van der Waals surface area (Å²) in [5.74, 6) is 0.282. The molecular formula is C10H13N5O5P-. The third-order valence-electron chi connectivity index (χ3n) is 3.21.